The number of hydrogen-bond donors (Lipinski definition) is 1. The van der Waals surface area contributed by atoms with Crippen molar-refractivity contribution in [3.8, 4) is 0 Å². The predicted molar refractivity (Wildman–Crippen MR) is 178 cm³/mol. The Kier molecular flexibility index (Phi) is 11.2. The number of carbonyl (C=O) groups excluding carboxylic acids is 2. The lowest BCUT2D eigenvalue weighted by Crippen LogP contribution is -2.55. The van der Waals surface area contributed by atoms with Gasteiger partial charge in [0.25, 0.3) is 10.0 Å². The topological polar surface area (TPSA) is 86.8 Å². The van der Waals surface area contributed by atoms with Crippen LogP contribution in [0.2, 0.25) is 0 Å². The molecule has 7 nitrogen and oxygen atoms in total. The molecule has 252 valence electrons. The Morgan fingerprint density at radius 3 is 1.96 bits per heavy atom. The van der Waals surface area contributed by atoms with E-state index in [0.717, 1.165) is 49.8 Å². The zero-order valence-corrected chi connectivity index (χ0v) is 27.2. The Bertz CT molecular complexity index is 1770. The molecule has 11 heteroatoms. The fraction of sp³-hybridized carbons (Fsp3) is 0.297. The number of hydrogen-bond acceptors (Lipinski definition) is 4. The van der Waals surface area contributed by atoms with E-state index in [4.69, 9.17) is 0 Å². The second-order valence-electron chi connectivity index (χ2n) is 11.9. The van der Waals surface area contributed by atoms with Crippen LogP contribution in [-0.2, 0) is 38.8 Å². The second-order valence-corrected chi connectivity index (χ2v) is 13.8. The summed E-state index contributed by atoms with van der Waals surface area (Å²) < 4.78 is 70.2. The summed E-state index contributed by atoms with van der Waals surface area (Å²) in [6, 6.07) is 28.2. The Labute approximate surface area is 279 Å². The van der Waals surface area contributed by atoms with E-state index >= 15 is 0 Å². The summed E-state index contributed by atoms with van der Waals surface area (Å²) in [6.07, 6.45) is 0.0604. The number of nitrogens with one attached hydrogen (secondary N) is 1. The minimum absolute atomic E-state index is 0.0307. The van der Waals surface area contributed by atoms with Gasteiger partial charge in [0.15, 0.2) is 0 Å². The van der Waals surface area contributed by atoms with Crippen molar-refractivity contribution < 1.29 is 31.2 Å². The van der Waals surface area contributed by atoms with Gasteiger partial charge in [-0.1, -0.05) is 104 Å². The zero-order chi connectivity index (χ0) is 34.1. The predicted octanol–water partition coefficient (Wildman–Crippen LogP) is 6.99. The van der Waals surface area contributed by atoms with Gasteiger partial charge in [0.05, 0.1) is 16.1 Å². The summed E-state index contributed by atoms with van der Waals surface area (Å²) in [5.41, 5.74) is 0.105. The van der Waals surface area contributed by atoms with Gasteiger partial charge in [-0.3, -0.25) is 13.9 Å². The van der Waals surface area contributed by atoms with Crippen molar-refractivity contribution in [3.63, 3.8) is 0 Å². The molecule has 1 atom stereocenters. The first-order chi connectivity index (χ1) is 23.0. The third kappa shape index (κ3) is 8.83. The van der Waals surface area contributed by atoms with Crippen molar-refractivity contribution in [3.05, 3.63) is 132 Å². The molecule has 0 heterocycles. The molecule has 4 aromatic rings. The average Bonchev–Trinajstić information content (AvgIpc) is 3.10. The molecule has 0 aromatic heterocycles. The largest absolute Gasteiger partial charge is 0.416 e. The second kappa shape index (κ2) is 15.5. The molecule has 0 bridgehead atoms. The molecule has 1 aliphatic carbocycles. The van der Waals surface area contributed by atoms with Gasteiger partial charge in [-0.2, -0.15) is 13.2 Å². The first kappa shape index (κ1) is 34.7. The molecule has 2 amide bonds. The average molecular weight is 678 g/mol. The van der Waals surface area contributed by atoms with E-state index in [0.29, 0.717) is 15.9 Å². The van der Waals surface area contributed by atoms with Gasteiger partial charge in [0.2, 0.25) is 11.8 Å². The van der Waals surface area contributed by atoms with Crippen LogP contribution in [-0.4, -0.2) is 43.8 Å². The van der Waals surface area contributed by atoms with Crippen molar-refractivity contribution in [1.82, 2.24) is 10.2 Å². The Morgan fingerprint density at radius 2 is 1.35 bits per heavy atom. The van der Waals surface area contributed by atoms with E-state index in [1.807, 2.05) is 36.4 Å². The molecule has 0 saturated heterocycles. The van der Waals surface area contributed by atoms with Crippen LogP contribution in [0.1, 0.15) is 48.8 Å². The maximum Gasteiger partial charge on any atom is 0.416 e. The third-order valence-corrected chi connectivity index (χ3v) is 10.3. The lowest BCUT2D eigenvalue weighted by atomic mass is 9.94. The summed E-state index contributed by atoms with van der Waals surface area (Å²) in [7, 11) is -4.53. The molecule has 0 aliphatic heterocycles. The first-order valence-corrected chi connectivity index (χ1v) is 17.4. The SMILES string of the molecule is O=C(NC1CCCCC1)[C@H](Cc1ccccc1)N(Cc1ccccc1)C(=O)CN(c1cccc(C(F)(F)F)c1)S(=O)(=O)c1ccccc1. The number of carbonyl (C=O) groups is 2. The fourth-order valence-corrected chi connectivity index (χ4v) is 7.39. The number of amides is 2. The maximum atomic E-state index is 14.5. The third-order valence-electron chi connectivity index (χ3n) is 8.49. The van der Waals surface area contributed by atoms with Gasteiger partial charge in [-0.05, 0) is 54.3 Å². The van der Waals surface area contributed by atoms with Crippen LogP contribution in [0.5, 0.6) is 0 Å². The molecule has 1 saturated carbocycles. The van der Waals surface area contributed by atoms with Crippen molar-refractivity contribution >= 4 is 27.5 Å². The normalized spacial score (nSPS) is 14.6. The Morgan fingerprint density at radius 1 is 0.771 bits per heavy atom. The number of benzene rings is 4. The number of alkyl halides is 3. The highest BCUT2D eigenvalue weighted by molar-refractivity contribution is 7.92. The zero-order valence-electron chi connectivity index (χ0n) is 26.4. The number of anilines is 1. The van der Waals surface area contributed by atoms with Crippen LogP contribution in [0.25, 0.3) is 0 Å². The van der Waals surface area contributed by atoms with E-state index in [-0.39, 0.29) is 35.5 Å². The van der Waals surface area contributed by atoms with Crippen LogP contribution in [0, 0.1) is 0 Å². The molecule has 0 spiro atoms. The summed E-state index contributed by atoms with van der Waals surface area (Å²) in [6.45, 7) is -0.871. The van der Waals surface area contributed by atoms with Crippen molar-refractivity contribution in [2.45, 2.75) is 68.2 Å². The molecule has 1 aliphatic rings. The van der Waals surface area contributed by atoms with Crippen molar-refractivity contribution in [2.24, 2.45) is 0 Å². The fourth-order valence-electron chi connectivity index (χ4n) is 5.96. The van der Waals surface area contributed by atoms with Crippen LogP contribution in [0.3, 0.4) is 0 Å². The highest BCUT2D eigenvalue weighted by Gasteiger charge is 2.37. The molecular formula is C37H38F3N3O4S. The highest BCUT2D eigenvalue weighted by atomic mass is 32.2. The molecule has 1 N–H and O–H groups in total. The van der Waals surface area contributed by atoms with E-state index < -0.39 is 40.3 Å². The summed E-state index contributed by atoms with van der Waals surface area (Å²) in [5, 5.41) is 3.14. The van der Waals surface area contributed by atoms with Crippen LogP contribution in [0.4, 0.5) is 18.9 Å². The number of halogens is 3. The van der Waals surface area contributed by atoms with Crippen molar-refractivity contribution in [1.29, 1.82) is 0 Å². The smallest absolute Gasteiger partial charge is 0.352 e. The maximum absolute atomic E-state index is 14.5. The van der Waals surface area contributed by atoms with Crippen molar-refractivity contribution in [2.75, 3.05) is 10.8 Å². The van der Waals surface area contributed by atoms with Gasteiger partial charge in [0.1, 0.15) is 12.6 Å². The monoisotopic (exact) mass is 677 g/mol. The highest BCUT2D eigenvalue weighted by Crippen LogP contribution is 2.33. The quantitative estimate of drug-likeness (QED) is 0.175. The standard InChI is InChI=1S/C37H38F3N3O4S/c38-37(39,40)30-18-13-21-32(25-30)43(48(46,47)33-22-11-4-12-23-33)27-35(44)42(26-29-16-7-2-8-17-29)34(24-28-14-5-1-6-15-28)36(45)41-31-19-9-3-10-20-31/h1-2,4-8,11-18,21-23,25,31,34H,3,9-10,19-20,24,26-27H2,(H,41,45)/t34-/m0/s1. The molecule has 1 fully saturated rings. The van der Waals surface area contributed by atoms with Gasteiger partial charge in [0, 0.05) is 19.0 Å². The molecule has 0 unspecified atom stereocenters. The van der Waals surface area contributed by atoms with E-state index in [9.17, 15) is 31.2 Å². The molecular weight excluding hydrogens is 639 g/mol. The Balaban J connectivity index is 1.57. The lowest BCUT2D eigenvalue weighted by Gasteiger charge is -2.35. The van der Waals surface area contributed by atoms with Crippen LogP contribution >= 0.6 is 0 Å². The van der Waals surface area contributed by atoms with Crippen LogP contribution < -0.4 is 9.62 Å². The number of nitrogens with zero attached hydrogens (tertiary/aromatic N) is 2. The summed E-state index contributed by atoms with van der Waals surface area (Å²) >= 11 is 0. The van der Waals surface area contributed by atoms with E-state index in [1.54, 1.807) is 30.3 Å². The first-order valence-electron chi connectivity index (χ1n) is 15.9. The molecule has 5 rings (SSSR count). The van der Waals surface area contributed by atoms with E-state index in [1.165, 1.54) is 35.2 Å². The number of sulfonamides is 1. The van der Waals surface area contributed by atoms with Gasteiger partial charge in [-0.15, -0.1) is 0 Å². The Hall–Kier alpha value is -4.64. The minimum Gasteiger partial charge on any atom is -0.352 e. The number of rotatable bonds is 12. The summed E-state index contributed by atoms with van der Waals surface area (Å²) in [5.74, 6) is -1.11. The van der Waals surface area contributed by atoms with E-state index in [2.05, 4.69) is 5.32 Å². The molecule has 0 radical (unpaired) electrons. The van der Waals surface area contributed by atoms with Gasteiger partial charge >= 0.3 is 6.18 Å². The van der Waals surface area contributed by atoms with Gasteiger partial charge < -0.3 is 10.2 Å². The molecule has 4 aromatic carbocycles. The minimum atomic E-state index is -4.75. The van der Waals surface area contributed by atoms with Gasteiger partial charge in [-0.25, -0.2) is 8.42 Å². The summed E-state index contributed by atoms with van der Waals surface area (Å²) in [4.78, 5) is 29.8. The lowest BCUT2D eigenvalue weighted by molar-refractivity contribution is -0.140. The molecule has 48 heavy (non-hydrogen) atoms. The van der Waals surface area contributed by atoms with Crippen LogP contribution in [0.15, 0.2) is 120 Å².